The van der Waals surface area contributed by atoms with Gasteiger partial charge in [-0.1, -0.05) is 30.3 Å². The van der Waals surface area contributed by atoms with Gasteiger partial charge in [-0.3, -0.25) is 10.1 Å². The molecule has 1 aromatic rings. The summed E-state index contributed by atoms with van der Waals surface area (Å²) in [6.45, 7) is 5.41. The Bertz CT molecular complexity index is 661. The highest BCUT2D eigenvalue weighted by atomic mass is 16.6. The zero-order valence-electron chi connectivity index (χ0n) is 15.0. The molecule has 7 heteroatoms. The van der Waals surface area contributed by atoms with E-state index >= 15 is 0 Å². The maximum Gasteiger partial charge on any atom is 0.410 e. The van der Waals surface area contributed by atoms with Crippen molar-refractivity contribution >= 4 is 18.0 Å². The number of hydrogen-bond donors (Lipinski definition) is 2. The third-order valence-corrected chi connectivity index (χ3v) is 4.41. The molecule has 25 heavy (non-hydrogen) atoms. The predicted molar refractivity (Wildman–Crippen MR) is 92.6 cm³/mol. The Balaban J connectivity index is 2.23. The van der Waals surface area contributed by atoms with Gasteiger partial charge in [0, 0.05) is 13.0 Å². The van der Waals surface area contributed by atoms with Crippen LogP contribution >= 0.6 is 0 Å². The summed E-state index contributed by atoms with van der Waals surface area (Å²) < 4.78 is 5.48. The predicted octanol–water partition coefficient (Wildman–Crippen LogP) is 2.35. The molecule has 0 unspecified atom stereocenters. The summed E-state index contributed by atoms with van der Waals surface area (Å²) in [5, 5.41) is 2.11. The van der Waals surface area contributed by atoms with Crippen molar-refractivity contribution in [2.75, 3.05) is 7.05 Å². The average Bonchev–Trinajstić information content (AvgIpc) is 2.44. The van der Waals surface area contributed by atoms with Gasteiger partial charge < -0.3 is 15.4 Å². The van der Waals surface area contributed by atoms with Gasteiger partial charge in [0.2, 0.25) is 5.91 Å². The molecule has 1 aliphatic rings. The summed E-state index contributed by atoms with van der Waals surface area (Å²) in [6.07, 6.45) is 0.336. The highest BCUT2D eigenvalue weighted by Crippen LogP contribution is 2.50. The van der Waals surface area contributed by atoms with Crippen LogP contribution in [0, 0.1) is 5.92 Å². The lowest BCUT2D eigenvalue weighted by atomic mass is 9.63. The van der Waals surface area contributed by atoms with E-state index in [1.54, 1.807) is 32.7 Å². The lowest BCUT2D eigenvalue weighted by Gasteiger charge is -2.52. The van der Waals surface area contributed by atoms with Crippen molar-refractivity contribution in [3.8, 4) is 0 Å². The minimum absolute atomic E-state index is 0.391. The lowest BCUT2D eigenvalue weighted by molar-refractivity contribution is -0.133. The second kappa shape index (κ2) is 6.74. The molecule has 0 aliphatic heterocycles. The number of hydrogen-bond acceptors (Lipinski definition) is 4. The molecule has 0 saturated heterocycles. The minimum atomic E-state index is -0.872. The number of nitrogens with two attached hydrogens (primary N) is 1. The number of nitrogens with one attached hydrogen (secondary N) is 1. The van der Waals surface area contributed by atoms with Crippen LogP contribution in [0.3, 0.4) is 0 Å². The smallest absolute Gasteiger partial charge is 0.410 e. The summed E-state index contributed by atoms with van der Waals surface area (Å²) in [7, 11) is 1.67. The maximum atomic E-state index is 12.6. The Kier molecular flexibility index (Phi) is 5.06. The Labute approximate surface area is 147 Å². The second-order valence-electron chi connectivity index (χ2n) is 7.40. The topological polar surface area (TPSA) is 102 Å². The zero-order chi connectivity index (χ0) is 18.8. The fraction of sp³-hybridized carbons (Fsp3) is 0.500. The van der Waals surface area contributed by atoms with Crippen LogP contribution in [-0.4, -0.2) is 35.6 Å². The van der Waals surface area contributed by atoms with Crippen LogP contribution in [0.15, 0.2) is 30.3 Å². The van der Waals surface area contributed by atoms with Gasteiger partial charge in [-0.05, 0) is 39.2 Å². The van der Waals surface area contributed by atoms with Crippen molar-refractivity contribution in [2.45, 2.75) is 44.8 Å². The van der Waals surface area contributed by atoms with E-state index in [9.17, 15) is 14.4 Å². The first-order valence-electron chi connectivity index (χ1n) is 8.18. The van der Waals surface area contributed by atoms with Crippen molar-refractivity contribution in [3.05, 3.63) is 35.9 Å². The molecule has 1 aromatic carbocycles. The van der Waals surface area contributed by atoms with E-state index in [-0.39, 0.29) is 0 Å². The second-order valence-corrected chi connectivity index (χ2v) is 7.40. The molecular weight excluding hydrogens is 322 g/mol. The molecule has 1 saturated carbocycles. The van der Waals surface area contributed by atoms with Gasteiger partial charge in [-0.25, -0.2) is 9.59 Å². The molecule has 7 nitrogen and oxygen atoms in total. The first kappa shape index (κ1) is 18.8. The summed E-state index contributed by atoms with van der Waals surface area (Å²) in [5.74, 6) is -0.811. The number of benzene rings is 1. The number of nitrogens with zero attached hydrogens (tertiary/aromatic N) is 1. The average molecular weight is 347 g/mol. The van der Waals surface area contributed by atoms with Gasteiger partial charge in [-0.2, -0.15) is 0 Å². The van der Waals surface area contributed by atoms with E-state index in [2.05, 4.69) is 5.32 Å². The van der Waals surface area contributed by atoms with Crippen molar-refractivity contribution < 1.29 is 19.1 Å². The molecule has 4 amide bonds. The van der Waals surface area contributed by atoms with E-state index < -0.39 is 35.1 Å². The highest BCUT2D eigenvalue weighted by molar-refractivity contribution is 5.95. The van der Waals surface area contributed by atoms with Crippen LogP contribution in [0.1, 0.15) is 39.2 Å². The van der Waals surface area contributed by atoms with Gasteiger partial charge >= 0.3 is 12.1 Å². The van der Waals surface area contributed by atoms with Crippen LogP contribution < -0.4 is 11.1 Å². The fourth-order valence-electron chi connectivity index (χ4n) is 3.12. The quantitative estimate of drug-likeness (QED) is 0.876. The van der Waals surface area contributed by atoms with Gasteiger partial charge in [0.25, 0.3) is 0 Å². The molecule has 1 fully saturated rings. The number of imide groups is 1. The number of carbonyl (C=O) groups is 3. The number of rotatable bonds is 3. The van der Waals surface area contributed by atoms with E-state index in [1.807, 2.05) is 30.3 Å². The first-order valence-corrected chi connectivity index (χ1v) is 8.18. The molecule has 0 radical (unpaired) electrons. The summed E-state index contributed by atoms with van der Waals surface area (Å²) in [4.78, 5) is 37.0. The molecule has 0 bridgehead atoms. The van der Waals surface area contributed by atoms with E-state index in [1.165, 1.54) is 0 Å². The normalized spacial score (nSPS) is 22.5. The van der Waals surface area contributed by atoms with Gasteiger partial charge in [0.1, 0.15) is 5.60 Å². The summed E-state index contributed by atoms with van der Waals surface area (Å²) >= 11 is 0. The summed E-state index contributed by atoms with van der Waals surface area (Å²) in [6, 6.07) is 8.63. The van der Waals surface area contributed by atoms with Crippen molar-refractivity contribution in [1.29, 1.82) is 0 Å². The number of ether oxygens (including phenoxy) is 1. The van der Waals surface area contributed by atoms with E-state index in [4.69, 9.17) is 10.5 Å². The summed E-state index contributed by atoms with van der Waals surface area (Å²) in [5.41, 5.74) is 4.67. The molecule has 0 spiro atoms. The molecule has 0 atom stereocenters. The Hall–Kier alpha value is -2.57. The number of amides is 4. The molecule has 1 aliphatic carbocycles. The van der Waals surface area contributed by atoms with Gasteiger partial charge in [-0.15, -0.1) is 0 Å². The number of carbonyl (C=O) groups excluding carboxylic acids is 3. The Morgan fingerprint density at radius 2 is 1.76 bits per heavy atom. The van der Waals surface area contributed by atoms with Crippen molar-refractivity contribution in [3.63, 3.8) is 0 Å². The van der Waals surface area contributed by atoms with Crippen molar-refractivity contribution in [1.82, 2.24) is 10.2 Å². The Morgan fingerprint density at radius 3 is 2.24 bits per heavy atom. The van der Waals surface area contributed by atoms with Crippen LogP contribution in [0.5, 0.6) is 0 Å². The lowest BCUT2D eigenvalue weighted by Crippen LogP contribution is -2.59. The third-order valence-electron chi connectivity index (χ3n) is 4.41. The number of primary amides is 1. The number of urea groups is 1. The standard InChI is InChI=1S/C18H25N3O4/c1-17(2,3)25-16(24)21(4)18(13-8-6-5-7-9-13)10-12(11-18)14(22)20-15(19)23/h5-9,12H,10-11H2,1-4H3,(H3,19,20,22,23). The molecular formula is C18H25N3O4. The highest BCUT2D eigenvalue weighted by Gasteiger charge is 2.53. The maximum absolute atomic E-state index is 12.6. The first-order chi connectivity index (χ1) is 11.5. The van der Waals surface area contributed by atoms with Crippen LogP contribution in [0.2, 0.25) is 0 Å². The molecule has 0 heterocycles. The monoisotopic (exact) mass is 347 g/mol. The molecule has 3 N–H and O–H groups in total. The van der Waals surface area contributed by atoms with Gasteiger partial charge in [0.15, 0.2) is 0 Å². The SMILES string of the molecule is CN(C(=O)OC(C)(C)C)C1(c2ccccc2)CC(C(=O)NC(N)=O)C1. The van der Waals surface area contributed by atoms with Crippen LogP contribution in [0.4, 0.5) is 9.59 Å². The van der Waals surface area contributed by atoms with Crippen molar-refractivity contribution in [2.24, 2.45) is 11.7 Å². The van der Waals surface area contributed by atoms with Crippen LogP contribution in [-0.2, 0) is 15.1 Å². The molecule has 0 aromatic heterocycles. The largest absolute Gasteiger partial charge is 0.444 e. The molecule has 136 valence electrons. The minimum Gasteiger partial charge on any atom is -0.444 e. The zero-order valence-corrected chi connectivity index (χ0v) is 15.0. The third kappa shape index (κ3) is 4.10. The van der Waals surface area contributed by atoms with Crippen LogP contribution in [0.25, 0.3) is 0 Å². The Morgan fingerprint density at radius 1 is 1.20 bits per heavy atom. The fourth-order valence-corrected chi connectivity index (χ4v) is 3.12. The van der Waals surface area contributed by atoms with E-state index in [0.29, 0.717) is 12.8 Å². The molecule has 2 rings (SSSR count). The van der Waals surface area contributed by atoms with Gasteiger partial charge in [0.05, 0.1) is 5.54 Å². The van der Waals surface area contributed by atoms with E-state index in [0.717, 1.165) is 5.56 Å².